The van der Waals surface area contributed by atoms with Gasteiger partial charge in [-0.25, -0.2) is 0 Å². The van der Waals surface area contributed by atoms with Gasteiger partial charge in [0.15, 0.2) is 0 Å². The molecule has 0 aromatic heterocycles. The van der Waals surface area contributed by atoms with Crippen molar-refractivity contribution in [2.75, 3.05) is 12.3 Å². The van der Waals surface area contributed by atoms with Crippen molar-refractivity contribution in [3.05, 3.63) is 48.6 Å². The summed E-state index contributed by atoms with van der Waals surface area (Å²) in [6.45, 7) is 23.2. The van der Waals surface area contributed by atoms with Gasteiger partial charge in [0.1, 0.15) is 0 Å². The van der Waals surface area contributed by atoms with Gasteiger partial charge in [-0.2, -0.15) is 0 Å². The van der Waals surface area contributed by atoms with Gasteiger partial charge >= 0.3 is 195 Å². The number of rotatable bonds is 12. The average molecular weight is 528 g/mol. The Hall–Kier alpha value is 0.894. The summed E-state index contributed by atoms with van der Waals surface area (Å²) in [5, 5.41) is 0. The van der Waals surface area contributed by atoms with Crippen molar-refractivity contribution < 1.29 is 9.74 Å². The van der Waals surface area contributed by atoms with E-state index < -0.39 is 21.8 Å². The number of allylic oxidation sites excluding steroid dienone is 8. The molecule has 29 heavy (non-hydrogen) atoms. The van der Waals surface area contributed by atoms with Gasteiger partial charge in [0.2, 0.25) is 0 Å². The molecule has 178 valence electrons. The van der Waals surface area contributed by atoms with Crippen LogP contribution in [-0.2, 0) is 9.74 Å². The van der Waals surface area contributed by atoms with E-state index in [1.165, 1.54) is 0 Å². The van der Waals surface area contributed by atoms with Gasteiger partial charge in [0, 0.05) is 0 Å². The zero-order valence-corrected chi connectivity index (χ0v) is 24.9. The third-order valence-electron chi connectivity index (χ3n) is 6.15. The Kier molecular flexibility index (Phi) is 13.9. The van der Waals surface area contributed by atoms with E-state index in [-0.39, 0.29) is 0 Å². The van der Waals surface area contributed by atoms with E-state index in [1.54, 1.807) is 0 Å². The van der Waals surface area contributed by atoms with Crippen LogP contribution in [0, 0.1) is 0 Å². The maximum atomic E-state index is 7.87. The summed E-state index contributed by atoms with van der Waals surface area (Å²) >= 11 is 0. The first-order valence-corrected chi connectivity index (χ1v) is 21.0. The van der Waals surface area contributed by atoms with Crippen molar-refractivity contribution in [2.45, 2.75) is 91.9 Å². The third-order valence-corrected chi connectivity index (χ3v) is 50.0. The molecule has 0 amide bonds. The quantitative estimate of drug-likeness (QED) is 0.134. The molecule has 0 aliphatic carbocycles. The van der Waals surface area contributed by atoms with Gasteiger partial charge in [0.25, 0.3) is 0 Å². The minimum absolute atomic E-state index is 0.552. The average Bonchev–Trinajstić information content (AvgIpc) is 2.60. The molecule has 0 N–H and O–H groups in total. The second-order valence-electron chi connectivity index (χ2n) is 9.04. The fraction of sp³-hybridized carbons (Fsp3) is 0.667. The van der Waals surface area contributed by atoms with Gasteiger partial charge in [-0.3, -0.25) is 0 Å². The van der Waals surface area contributed by atoms with E-state index >= 15 is 0 Å². The molecule has 0 nitrogen and oxygen atoms in total. The van der Waals surface area contributed by atoms with Crippen molar-refractivity contribution in [3.63, 3.8) is 0 Å². The number of hydrogen-bond acceptors (Lipinski definition) is 0. The van der Waals surface area contributed by atoms with E-state index in [4.69, 9.17) is 20.4 Å². The van der Waals surface area contributed by atoms with Crippen molar-refractivity contribution in [1.29, 1.82) is 0 Å². The van der Waals surface area contributed by atoms with Crippen molar-refractivity contribution >= 4 is 32.5 Å². The molecule has 0 fully saturated rings. The van der Waals surface area contributed by atoms with Crippen LogP contribution in [-0.4, -0.2) is 35.0 Å². The van der Waals surface area contributed by atoms with Crippen LogP contribution in [0.25, 0.3) is 0 Å². The molecule has 0 saturated heterocycles. The summed E-state index contributed by atoms with van der Waals surface area (Å²) in [6, 6.07) is -4.09. The van der Waals surface area contributed by atoms with Crippen molar-refractivity contribution in [1.82, 2.24) is 0 Å². The second kappa shape index (κ2) is 13.4. The Morgan fingerprint density at radius 2 is 0.862 bits per heavy atom. The standard InChI is InChI=1S/2C12H23P.2ClH.Ni/c2*1-6-7-8-9-10-13(11(2)3)12(4)5;;;/h2*6-9,11-12H,10H2,1-5H3;2*1H;. The van der Waals surface area contributed by atoms with Crippen LogP contribution in [0.2, 0.25) is 0 Å². The zero-order valence-electron chi connectivity index (χ0n) is 20.4. The molecular formula is C24H48Cl2NiP2. The molecule has 0 atom stereocenters. The Morgan fingerprint density at radius 3 is 1.07 bits per heavy atom. The molecule has 0 aliphatic heterocycles. The summed E-state index contributed by atoms with van der Waals surface area (Å²) in [5.74, 6) is 0. The van der Waals surface area contributed by atoms with E-state index in [1.807, 2.05) is 0 Å². The van der Waals surface area contributed by atoms with Gasteiger partial charge < -0.3 is 0 Å². The fourth-order valence-electron chi connectivity index (χ4n) is 4.49. The molecule has 0 saturated carbocycles. The van der Waals surface area contributed by atoms with Gasteiger partial charge in [-0.1, -0.05) is 0 Å². The molecule has 0 spiro atoms. The van der Waals surface area contributed by atoms with Crippen LogP contribution in [0.15, 0.2) is 48.6 Å². The van der Waals surface area contributed by atoms with Gasteiger partial charge in [-0.15, -0.1) is 0 Å². The predicted octanol–water partition coefficient (Wildman–Crippen LogP) is 9.68. The monoisotopic (exact) mass is 526 g/mol. The van der Waals surface area contributed by atoms with Crippen LogP contribution in [0.1, 0.15) is 69.2 Å². The molecule has 5 heteroatoms. The summed E-state index contributed by atoms with van der Waals surface area (Å²) in [5.41, 5.74) is 2.21. The van der Waals surface area contributed by atoms with E-state index in [9.17, 15) is 0 Å². The molecule has 0 aliphatic rings. The summed E-state index contributed by atoms with van der Waals surface area (Å²) in [4.78, 5) is 0. The third kappa shape index (κ3) is 6.46. The molecule has 0 aromatic carbocycles. The van der Waals surface area contributed by atoms with Gasteiger partial charge in [0.05, 0.1) is 0 Å². The topological polar surface area (TPSA) is 0 Å². The maximum absolute atomic E-state index is 7.87. The SMILES string of the molecule is CC=CC=CC[PH](C(C)C)(C(C)C)[Ni]([Cl])([Cl])[PH](CC=CC=CC)(C(C)C)C(C)C. The van der Waals surface area contributed by atoms with Crippen molar-refractivity contribution in [2.24, 2.45) is 0 Å². The number of hydrogen-bond donors (Lipinski definition) is 0. The van der Waals surface area contributed by atoms with E-state index in [2.05, 4.69) is 118 Å². The summed E-state index contributed by atoms with van der Waals surface area (Å²) in [7, 11) is 13.8. The molecule has 0 heterocycles. The normalized spacial score (nSPS) is 16.8. The number of halogens is 2. The Balaban J connectivity index is 6.76. The van der Waals surface area contributed by atoms with E-state index in [0.29, 0.717) is 22.6 Å². The minimum atomic E-state index is -2.04. The molecule has 0 rings (SSSR count). The van der Waals surface area contributed by atoms with Crippen LogP contribution in [0.3, 0.4) is 0 Å². The Morgan fingerprint density at radius 1 is 0.586 bits per heavy atom. The molecule has 0 bridgehead atoms. The Labute approximate surface area is 194 Å². The molecule has 0 unspecified atom stereocenters. The molecular weight excluding hydrogens is 480 g/mol. The van der Waals surface area contributed by atoms with Gasteiger partial charge in [-0.05, 0) is 0 Å². The first-order valence-electron chi connectivity index (χ1n) is 11.0. The van der Waals surface area contributed by atoms with Crippen LogP contribution >= 0.6 is 32.5 Å². The first kappa shape index (κ1) is 29.9. The zero-order chi connectivity index (χ0) is 22.9. The van der Waals surface area contributed by atoms with Crippen LogP contribution in [0.5, 0.6) is 0 Å². The molecule has 0 radical (unpaired) electrons. The first-order chi connectivity index (χ1) is 13.4. The van der Waals surface area contributed by atoms with Crippen LogP contribution < -0.4 is 0 Å². The van der Waals surface area contributed by atoms with Crippen LogP contribution in [0.4, 0.5) is 0 Å². The molecule has 0 aromatic rings. The van der Waals surface area contributed by atoms with Crippen molar-refractivity contribution in [3.8, 4) is 0 Å². The summed E-state index contributed by atoms with van der Waals surface area (Å²) in [6.07, 6.45) is 19.7. The summed E-state index contributed by atoms with van der Waals surface area (Å²) < 4.78 is 0. The fourth-order valence-corrected chi connectivity index (χ4v) is 59.6. The predicted molar refractivity (Wildman–Crippen MR) is 147 cm³/mol. The Bertz CT molecular complexity index is 522. The van der Waals surface area contributed by atoms with E-state index in [0.717, 1.165) is 12.3 Å². The second-order valence-corrected chi connectivity index (χ2v) is 36.6.